The van der Waals surface area contributed by atoms with Gasteiger partial charge in [-0.15, -0.1) is 0 Å². The minimum atomic E-state index is -3.57. The predicted molar refractivity (Wildman–Crippen MR) is 65.9 cm³/mol. The van der Waals surface area contributed by atoms with Crippen LogP contribution in [0.5, 0.6) is 0 Å². The molecule has 1 heterocycles. The first-order chi connectivity index (χ1) is 9.29. The molecule has 20 heavy (non-hydrogen) atoms. The molecule has 0 saturated carbocycles. The SMILES string of the molecule is CS(=O)(=O)NCC(=O)ON1C(=O)c2ccccc2C1=O. The summed E-state index contributed by atoms with van der Waals surface area (Å²) >= 11 is 0. The predicted octanol–water partition coefficient (Wildman–Crippen LogP) is -0.710. The number of hydrogen-bond donors (Lipinski definition) is 1. The number of carbonyl (C=O) groups is 3. The van der Waals surface area contributed by atoms with Gasteiger partial charge in [0.15, 0.2) is 0 Å². The van der Waals surface area contributed by atoms with Crippen LogP contribution in [-0.2, 0) is 19.7 Å². The molecule has 2 amide bonds. The molecule has 0 spiro atoms. The average Bonchev–Trinajstić information content (AvgIpc) is 2.62. The van der Waals surface area contributed by atoms with E-state index in [4.69, 9.17) is 0 Å². The molecule has 0 aliphatic carbocycles. The van der Waals surface area contributed by atoms with Gasteiger partial charge in [0.1, 0.15) is 6.54 Å². The number of nitrogens with zero attached hydrogens (tertiary/aromatic N) is 1. The molecule has 1 N–H and O–H groups in total. The minimum absolute atomic E-state index is 0.126. The standard InChI is InChI=1S/C11H10N2O6S/c1-20(17,18)12-6-9(14)19-13-10(15)7-4-2-3-5-8(7)11(13)16/h2-5,12H,6H2,1H3. The monoisotopic (exact) mass is 298 g/mol. The van der Waals surface area contributed by atoms with E-state index < -0.39 is 34.4 Å². The Hall–Kier alpha value is -2.26. The fraction of sp³-hybridized carbons (Fsp3) is 0.182. The number of carbonyl (C=O) groups excluding carboxylic acids is 3. The molecule has 1 aromatic carbocycles. The molecule has 0 aromatic heterocycles. The van der Waals surface area contributed by atoms with E-state index in [0.717, 1.165) is 6.26 Å². The fourth-order valence-corrected chi connectivity index (χ4v) is 1.95. The molecule has 0 fully saturated rings. The fourth-order valence-electron chi connectivity index (χ4n) is 1.57. The second-order valence-corrected chi connectivity index (χ2v) is 5.84. The van der Waals surface area contributed by atoms with Crippen LogP contribution in [0, 0.1) is 0 Å². The molecular weight excluding hydrogens is 288 g/mol. The molecule has 0 bridgehead atoms. The number of benzene rings is 1. The zero-order valence-corrected chi connectivity index (χ0v) is 11.1. The Kier molecular flexibility index (Phi) is 3.55. The summed E-state index contributed by atoms with van der Waals surface area (Å²) in [6, 6.07) is 6.00. The van der Waals surface area contributed by atoms with Gasteiger partial charge in [-0.05, 0) is 12.1 Å². The van der Waals surface area contributed by atoms with Crippen molar-refractivity contribution in [3.63, 3.8) is 0 Å². The van der Waals surface area contributed by atoms with Gasteiger partial charge < -0.3 is 4.84 Å². The van der Waals surface area contributed by atoms with Crippen LogP contribution >= 0.6 is 0 Å². The number of sulfonamides is 1. The lowest BCUT2D eigenvalue weighted by atomic mass is 10.1. The van der Waals surface area contributed by atoms with E-state index in [1.165, 1.54) is 12.1 Å². The van der Waals surface area contributed by atoms with Crippen molar-refractivity contribution < 1.29 is 27.6 Å². The third-order valence-electron chi connectivity index (χ3n) is 2.43. The molecule has 0 atom stereocenters. The summed E-state index contributed by atoms with van der Waals surface area (Å²) in [7, 11) is -3.57. The van der Waals surface area contributed by atoms with Crippen molar-refractivity contribution in [2.24, 2.45) is 0 Å². The third-order valence-corrected chi connectivity index (χ3v) is 3.10. The van der Waals surface area contributed by atoms with E-state index >= 15 is 0 Å². The number of hydrogen-bond acceptors (Lipinski definition) is 6. The van der Waals surface area contributed by atoms with Crippen molar-refractivity contribution in [1.82, 2.24) is 9.79 Å². The van der Waals surface area contributed by atoms with Crippen LogP contribution in [0.1, 0.15) is 20.7 Å². The Morgan fingerprint density at radius 1 is 1.20 bits per heavy atom. The average molecular weight is 298 g/mol. The van der Waals surface area contributed by atoms with Gasteiger partial charge in [0.25, 0.3) is 11.8 Å². The molecule has 1 aliphatic rings. The first kappa shape index (κ1) is 14.2. The summed E-state index contributed by atoms with van der Waals surface area (Å²) in [4.78, 5) is 39.6. The zero-order valence-electron chi connectivity index (χ0n) is 10.3. The van der Waals surface area contributed by atoms with Crippen LogP contribution < -0.4 is 4.72 Å². The van der Waals surface area contributed by atoms with Crippen molar-refractivity contribution in [3.8, 4) is 0 Å². The molecule has 8 nitrogen and oxygen atoms in total. The van der Waals surface area contributed by atoms with Gasteiger partial charge in [-0.1, -0.05) is 17.2 Å². The lowest BCUT2D eigenvalue weighted by molar-refractivity contribution is -0.166. The van der Waals surface area contributed by atoms with Crippen LogP contribution in [0.2, 0.25) is 0 Å². The largest absolute Gasteiger partial charge is 0.347 e. The van der Waals surface area contributed by atoms with Gasteiger partial charge in [0, 0.05) is 0 Å². The number of fused-ring (bicyclic) bond motifs is 1. The molecule has 0 unspecified atom stereocenters. The van der Waals surface area contributed by atoms with Crippen molar-refractivity contribution in [2.75, 3.05) is 12.8 Å². The van der Waals surface area contributed by atoms with Crippen molar-refractivity contribution in [1.29, 1.82) is 0 Å². The second kappa shape index (κ2) is 5.02. The lowest BCUT2D eigenvalue weighted by Gasteiger charge is -2.12. The first-order valence-electron chi connectivity index (χ1n) is 5.43. The summed E-state index contributed by atoms with van der Waals surface area (Å²) in [5, 5.41) is 0.316. The molecule has 1 aromatic rings. The molecule has 0 saturated heterocycles. The van der Waals surface area contributed by atoms with Crippen molar-refractivity contribution in [3.05, 3.63) is 35.4 Å². The summed E-state index contributed by atoms with van der Waals surface area (Å²) in [5.74, 6) is -2.60. The second-order valence-electron chi connectivity index (χ2n) is 4.01. The Morgan fingerprint density at radius 3 is 2.15 bits per heavy atom. The topological polar surface area (TPSA) is 110 Å². The summed E-state index contributed by atoms with van der Waals surface area (Å²) in [5.41, 5.74) is 0.253. The maximum Gasteiger partial charge on any atom is 0.347 e. The maximum atomic E-state index is 11.8. The highest BCUT2D eigenvalue weighted by Crippen LogP contribution is 2.22. The summed E-state index contributed by atoms with van der Waals surface area (Å²) in [6.45, 7) is -0.674. The van der Waals surface area contributed by atoms with E-state index in [0.29, 0.717) is 5.06 Å². The zero-order chi connectivity index (χ0) is 14.9. The number of nitrogens with one attached hydrogen (secondary N) is 1. The Balaban J connectivity index is 2.07. The minimum Gasteiger partial charge on any atom is -0.328 e. The van der Waals surface area contributed by atoms with Gasteiger partial charge in [-0.2, -0.15) is 0 Å². The van der Waals surface area contributed by atoms with Crippen molar-refractivity contribution in [2.45, 2.75) is 0 Å². The van der Waals surface area contributed by atoms with Gasteiger partial charge in [-0.3, -0.25) is 9.59 Å². The van der Waals surface area contributed by atoms with E-state index in [2.05, 4.69) is 4.84 Å². The first-order valence-corrected chi connectivity index (χ1v) is 7.32. The van der Waals surface area contributed by atoms with Crippen LogP contribution in [0.3, 0.4) is 0 Å². The van der Waals surface area contributed by atoms with Gasteiger partial charge >= 0.3 is 5.97 Å². The molecular formula is C11H10N2O6S. The Bertz CT molecular complexity index is 662. The number of hydroxylamine groups is 2. The Labute approximate surface area is 114 Å². The summed E-state index contributed by atoms with van der Waals surface area (Å²) < 4.78 is 23.5. The van der Waals surface area contributed by atoms with Gasteiger partial charge in [0.05, 0.1) is 17.4 Å². The smallest absolute Gasteiger partial charge is 0.328 e. The molecule has 1 aliphatic heterocycles. The van der Waals surface area contributed by atoms with E-state index in [-0.39, 0.29) is 11.1 Å². The molecule has 0 radical (unpaired) electrons. The maximum absolute atomic E-state index is 11.8. The van der Waals surface area contributed by atoms with Crippen LogP contribution in [0.4, 0.5) is 0 Å². The summed E-state index contributed by atoms with van der Waals surface area (Å²) in [6.07, 6.45) is 0.863. The molecule has 9 heteroatoms. The Morgan fingerprint density at radius 2 is 1.70 bits per heavy atom. The lowest BCUT2D eigenvalue weighted by Crippen LogP contribution is -2.37. The van der Waals surface area contributed by atoms with Gasteiger partial charge in [-0.25, -0.2) is 17.9 Å². The highest BCUT2D eigenvalue weighted by molar-refractivity contribution is 7.88. The number of rotatable bonds is 4. The quantitative estimate of drug-likeness (QED) is 0.735. The van der Waals surface area contributed by atoms with E-state index in [9.17, 15) is 22.8 Å². The van der Waals surface area contributed by atoms with Crippen LogP contribution in [-0.4, -0.2) is 44.1 Å². The highest BCUT2D eigenvalue weighted by Gasteiger charge is 2.38. The number of imide groups is 1. The van der Waals surface area contributed by atoms with Crippen molar-refractivity contribution >= 4 is 27.8 Å². The number of amides is 2. The van der Waals surface area contributed by atoms with Crippen LogP contribution in [0.25, 0.3) is 0 Å². The van der Waals surface area contributed by atoms with Crippen LogP contribution in [0.15, 0.2) is 24.3 Å². The molecule has 2 rings (SSSR count). The van der Waals surface area contributed by atoms with E-state index in [1.54, 1.807) is 12.1 Å². The normalized spacial score (nSPS) is 14.3. The molecule has 106 valence electrons. The highest BCUT2D eigenvalue weighted by atomic mass is 32.2. The van der Waals surface area contributed by atoms with Gasteiger partial charge in [0.2, 0.25) is 10.0 Å². The van der Waals surface area contributed by atoms with E-state index in [1.807, 2.05) is 4.72 Å². The third kappa shape index (κ3) is 2.83.